The number of hydrogen-bond donors (Lipinski definition) is 2. The standard InChI is InChI=1S/C11H18N5O13P3/c1-25-10-8-9(14-11(12)15-10)16(4-13-8)7-2-5(17)6(27-7)3-26-31(21,22)29-32(23,24)28-30(18,19)20/h4-7,17H,2-3H2,1H3,(H,21,22)(H,23,24)(H2,12,14,15)(H2,18,19,20)/p-4. The fraction of sp³-hybridized carbons (Fsp3) is 0.545. The molecule has 0 amide bonds. The van der Waals surface area contributed by atoms with Gasteiger partial charge in [-0.1, -0.05) is 0 Å². The molecule has 180 valence electrons. The first-order valence-electron chi connectivity index (χ1n) is 8.28. The third-order valence-electron chi connectivity index (χ3n) is 3.91. The summed E-state index contributed by atoms with van der Waals surface area (Å²) in [5.41, 5.74) is 6.04. The number of hydrogen-bond acceptors (Lipinski definition) is 17. The molecule has 5 unspecified atom stereocenters. The number of aliphatic hydroxyl groups is 1. The molecule has 3 rings (SSSR count). The van der Waals surface area contributed by atoms with Crippen LogP contribution in [0.15, 0.2) is 6.33 Å². The number of imidazole rings is 1. The van der Waals surface area contributed by atoms with Crippen molar-refractivity contribution in [2.24, 2.45) is 0 Å². The number of methoxy groups -OCH3 is 1. The van der Waals surface area contributed by atoms with Crippen LogP contribution in [0.4, 0.5) is 5.95 Å². The number of nitrogen functional groups attached to an aromatic ring is 1. The summed E-state index contributed by atoms with van der Waals surface area (Å²) in [6.45, 7) is -0.933. The summed E-state index contributed by atoms with van der Waals surface area (Å²) in [4.78, 5) is 55.4. The summed E-state index contributed by atoms with van der Waals surface area (Å²) >= 11 is 0. The summed E-state index contributed by atoms with van der Waals surface area (Å²) in [6, 6.07) is 0. The van der Waals surface area contributed by atoms with Crippen LogP contribution in [-0.2, 0) is 31.6 Å². The molecule has 1 aliphatic rings. The van der Waals surface area contributed by atoms with Crippen molar-refractivity contribution in [2.45, 2.75) is 24.9 Å². The predicted octanol–water partition coefficient (Wildman–Crippen LogP) is -3.12. The fourth-order valence-electron chi connectivity index (χ4n) is 2.74. The summed E-state index contributed by atoms with van der Waals surface area (Å²) in [7, 11) is -16.6. The number of ether oxygens (including phenoxy) is 2. The minimum Gasteiger partial charge on any atom is -0.790 e. The number of aliphatic hydroxyl groups excluding tert-OH is 1. The molecule has 2 aromatic heterocycles. The van der Waals surface area contributed by atoms with E-state index in [0.29, 0.717) is 0 Å². The number of anilines is 1. The van der Waals surface area contributed by atoms with Gasteiger partial charge in [0.05, 0.1) is 34.0 Å². The van der Waals surface area contributed by atoms with E-state index in [1.54, 1.807) is 0 Å². The van der Waals surface area contributed by atoms with Crippen LogP contribution in [-0.4, -0.2) is 50.6 Å². The molecule has 1 aliphatic heterocycles. The monoisotopic (exact) mass is 517 g/mol. The zero-order valence-corrected chi connectivity index (χ0v) is 18.5. The smallest absolute Gasteiger partial charge is 0.278 e. The van der Waals surface area contributed by atoms with E-state index in [9.17, 15) is 38.4 Å². The number of fused-ring (bicyclic) bond motifs is 1. The molecule has 32 heavy (non-hydrogen) atoms. The highest BCUT2D eigenvalue weighted by atomic mass is 31.3. The van der Waals surface area contributed by atoms with Crippen LogP contribution in [0.1, 0.15) is 12.6 Å². The highest BCUT2D eigenvalue weighted by Gasteiger charge is 2.37. The van der Waals surface area contributed by atoms with Crippen molar-refractivity contribution in [1.82, 2.24) is 19.5 Å². The molecule has 0 saturated carbocycles. The predicted molar refractivity (Wildman–Crippen MR) is 91.8 cm³/mol. The van der Waals surface area contributed by atoms with E-state index in [0.717, 1.165) is 0 Å². The number of nitrogens with two attached hydrogens (primary N) is 1. The molecule has 0 aliphatic carbocycles. The molecule has 3 N–H and O–H groups in total. The lowest BCUT2D eigenvalue weighted by atomic mass is 10.2. The third kappa shape index (κ3) is 6.08. The number of nitrogens with zero attached hydrogens (tertiary/aromatic N) is 4. The highest BCUT2D eigenvalue weighted by Crippen LogP contribution is 2.60. The molecule has 18 nitrogen and oxygen atoms in total. The molecule has 2 aromatic rings. The van der Waals surface area contributed by atoms with E-state index < -0.39 is 48.5 Å². The van der Waals surface area contributed by atoms with Gasteiger partial charge in [0, 0.05) is 6.42 Å². The maximum Gasteiger partial charge on any atom is 0.278 e. The number of phosphoric ester groups is 1. The lowest BCUT2D eigenvalue weighted by Crippen LogP contribution is -2.27. The van der Waals surface area contributed by atoms with Gasteiger partial charge in [0.2, 0.25) is 11.8 Å². The van der Waals surface area contributed by atoms with Gasteiger partial charge in [-0.2, -0.15) is 9.97 Å². The summed E-state index contributed by atoms with van der Waals surface area (Å²) in [5.74, 6) is -0.0528. The van der Waals surface area contributed by atoms with Crippen molar-refractivity contribution in [3.8, 4) is 5.88 Å². The summed E-state index contributed by atoms with van der Waals surface area (Å²) in [6.07, 6.45) is -2.32. The summed E-state index contributed by atoms with van der Waals surface area (Å²) in [5, 5.41) is 10.2. The highest BCUT2D eigenvalue weighted by molar-refractivity contribution is 7.64. The second kappa shape index (κ2) is 9.02. The van der Waals surface area contributed by atoms with Crippen molar-refractivity contribution < 1.29 is 61.0 Å². The van der Waals surface area contributed by atoms with Gasteiger partial charge >= 0.3 is 0 Å². The molecular weight excluding hydrogens is 503 g/mol. The van der Waals surface area contributed by atoms with Crippen molar-refractivity contribution in [2.75, 3.05) is 19.5 Å². The Kier molecular flexibility index (Phi) is 7.08. The van der Waals surface area contributed by atoms with E-state index in [-0.39, 0.29) is 29.4 Å². The topological polar surface area (TPSA) is 279 Å². The number of phosphoric acid groups is 3. The average Bonchev–Trinajstić information content (AvgIpc) is 3.19. The molecule has 5 atom stereocenters. The van der Waals surface area contributed by atoms with Gasteiger partial charge in [-0.15, -0.1) is 0 Å². The normalized spacial score (nSPS) is 25.5. The Bertz CT molecular complexity index is 1140. The van der Waals surface area contributed by atoms with Crippen molar-refractivity contribution in [3.05, 3.63) is 6.33 Å². The molecule has 0 aromatic carbocycles. The first-order chi connectivity index (χ1) is 14.7. The van der Waals surface area contributed by atoms with Gasteiger partial charge < -0.3 is 49.0 Å². The zero-order valence-electron chi connectivity index (χ0n) is 15.8. The molecule has 3 heterocycles. The van der Waals surface area contributed by atoms with Gasteiger partial charge in [0.1, 0.15) is 12.3 Å². The molecule has 0 radical (unpaired) electrons. The molecule has 1 saturated heterocycles. The van der Waals surface area contributed by atoms with Crippen LogP contribution in [0.25, 0.3) is 11.2 Å². The number of aromatic nitrogens is 4. The molecule has 0 spiro atoms. The second-order valence-electron chi connectivity index (χ2n) is 6.15. The van der Waals surface area contributed by atoms with Crippen LogP contribution >= 0.6 is 23.5 Å². The second-order valence-corrected chi connectivity index (χ2v) is 10.4. The Hall–Kier alpha value is -1.52. The maximum atomic E-state index is 11.6. The first-order valence-corrected chi connectivity index (χ1v) is 12.7. The lowest BCUT2D eigenvalue weighted by molar-refractivity contribution is -0.339. The van der Waals surface area contributed by atoms with Crippen molar-refractivity contribution in [3.63, 3.8) is 0 Å². The number of rotatable bonds is 9. The van der Waals surface area contributed by atoms with Crippen LogP contribution in [0.3, 0.4) is 0 Å². The third-order valence-corrected chi connectivity index (χ3v) is 7.58. The maximum absolute atomic E-state index is 11.6. The minimum atomic E-state index is -6.11. The van der Waals surface area contributed by atoms with E-state index >= 15 is 0 Å². The molecular formula is C11H14N5O13P3-4. The van der Waals surface area contributed by atoms with Crippen molar-refractivity contribution in [1.29, 1.82) is 0 Å². The SMILES string of the molecule is COc1nc(N)nc2c1ncn2C1CC(O)C(COP(=O)([O-])OP(=O)([O-])OP(=O)([O-])[O-])O1. The molecule has 1 fully saturated rings. The molecule has 0 bridgehead atoms. The Morgan fingerprint density at radius 2 is 1.91 bits per heavy atom. The Balaban J connectivity index is 1.68. The van der Waals surface area contributed by atoms with Gasteiger partial charge in [0.25, 0.3) is 15.6 Å². The minimum absolute atomic E-state index is 0.0825. The van der Waals surface area contributed by atoms with Gasteiger partial charge in [-0.05, 0) is 0 Å². The Morgan fingerprint density at radius 3 is 2.53 bits per heavy atom. The van der Waals surface area contributed by atoms with Crippen LogP contribution < -0.4 is 30.0 Å². The van der Waals surface area contributed by atoms with E-state index in [1.807, 2.05) is 0 Å². The molecule has 21 heteroatoms. The van der Waals surface area contributed by atoms with Crippen LogP contribution in [0.2, 0.25) is 0 Å². The zero-order chi connectivity index (χ0) is 23.9. The Labute approximate surface area is 178 Å². The van der Waals surface area contributed by atoms with Crippen LogP contribution in [0, 0.1) is 0 Å². The van der Waals surface area contributed by atoms with E-state index in [1.165, 1.54) is 18.0 Å². The largest absolute Gasteiger partial charge is 0.790 e. The average molecular weight is 517 g/mol. The fourth-order valence-corrected chi connectivity index (χ4v) is 5.61. The first kappa shape index (κ1) is 25.1. The van der Waals surface area contributed by atoms with Gasteiger partial charge in [-0.3, -0.25) is 18.0 Å². The summed E-state index contributed by atoms with van der Waals surface area (Å²) < 4.78 is 55.9. The quantitative estimate of drug-likeness (QED) is 0.311. The van der Waals surface area contributed by atoms with Crippen LogP contribution in [0.5, 0.6) is 5.88 Å². The van der Waals surface area contributed by atoms with Crippen molar-refractivity contribution >= 4 is 40.6 Å². The Morgan fingerprint density at radius 1 is 1.22 bits per heavy atom. The van der Waals surface area contributed by atoms with Gasteiger partial charge in [0.15, 0.2) is 11.2 Å². The lowest BCUT2D eigenvalue weighted by Gasteiger charge is -2.37. The van der Waals surface area contributed by atoms with E-state index in [4.69, 9.17) is 15.2 Å². The van der Waals surface area contributed by atoms with Gasteiger partial charge in [-0.25, -0.2) is 9.29 Å². The van der Waals surface area contributed by atoms with E-state index in [2.05, 4.69) is 28.1 Å².